The fraction of sp³-hybridized carbons (Fsp3) is 0.588. The predicted octanol–water partition coefficient (Wildman–Crippen LogP) is 2.21. The van der Waals surface area contributed by atoms with Crippen LogP contribution in [-0.4, -0.2) is 41.3 Å². The van der Waals surface area contributed by atoms with Crippen molar-refractivity contribution in [3.63, 3.8) is 0 Å². The van der Waals surface area contributed by atoms with E-state index in [9.17, 15) is 9.90 Å². The molecule has 2 rings (SSSR count). The molecule has 1 aromatic rings. The average molecular weight is 291 g/mol. The van der Waals surface area contributed by atoms with Gasteiger partial charge in [0.25, 0.3) is 0 Å². The van der Waals surface area contributed by atoms with E-state index in [1.165, 1.54) is 7.11 Å². The smallest absolute Gasteiger partial charge is 0.323 e. The van der Waals surface area contributed by atoms with Crippen LogP contribution in [0.3, 0.4) is 0 Å². The van der Waals surface area contributed by atoms with Crippen LogP contribution >= 0.6 is 0 Å². The van der Waals surface area contributed by atoms with Crippen molar-refractivity contribution >= 4 is 5.97 Å². The number of aliphatic hydroxyl groups is 1. The highest BCUT2D eigenvalue weighted by molar-refractivity contribution is 5.77. The number of rotatable bonds is 5. The van der Waals surface area contributed by atoms with Crippen molar-refractivity contribution in [2.45, 2.75) is 44.9 Å². The van der Waals surface area contributed by atoms with E-state index in [0.717, 1.165) is 12.0 Å². The second kappa shape index (κ2) is 6.58. The van der Waals surface area contributed by atoms with Gasteiger partial charge in [-0.25, -0.2) is 0 Å². The van der Waals surface area contributed by atoms with E-state index in [2.05, 4.69) is 4.90 Å². The van der Waals surface area contributed by atoms with Gasteiger partial charge >= 0.3 is 5.97 Å². The Balaban J connectivity index is 2.27. The summed E-state index contributed by atoms with van der Waals surface area (Å²) in [4.78, 5) is 14.3. The van der Waals surface area contributed by atoms with Crippen LogP contribution in [0.15, 0.2) is 30.3 Å². The Labute approximate surface area is 126 Å². The lowest BCUT2D eigenvalue weighted by atomic mass is 9.82. The molecule has 0 saturated carbocycles. The Bertz CT molecular complexity index is 476. The molecule has 0 spiro atoms. The normalized spacial score (nSPS) is 29.5. The van der Waals surface area contributed by atoms with E-state index in [-0.39, 0.29) is 17.9 Å². The average Bonchev–Trinajstić information content (AvgIpc) is 2.79. The number of nitrogens with zero attached hydrogens (tertiary/aromatic N) is 1. The maximum atomic E-state index is 12.2. The molecule has 1 unspecified atom stereocenters. The van der Waals surface area contributed by atoms with Crippen LogP contribution in [0.5, 0.6) is 0 Å². The molecule has 0 aromatic heterocycles. The Kier molecular flexibility index (Phi) is 5.01. The van der Waals surface area contributed by atoms with Crippen LogP contribution < -0.4 is 0 Å². The second-order valence-corrected chi connectivity index (χ2v) is 5.83. The first kappa shape index (κ1) is 16.0. The van der Waals surface area contributed by atoms with Gasteiger partial charge < -0.3 is 9.84 Å². The Morgan fingerprint density at radius 3 is 2.57 bits per heavy atom. The van der Waals surface area contributed by atoms with Gasteiger partial charge in [-0.05, 0) is 18.4 Å². The maximum Gasteiger partial charge on any atom is 0.323 e. The predicted molar refractivity (Wildman–Crippen MR) is 81.7 cm³/mol. The highest BCUT2D eigenvalue weighted by atomic mass is 16.5. The number of esters is 1. The third-order valence-corrected chi connectivity index (χ3v) is 4.66. The quantitative estimate of drug-likeness (QED) is 0.845. The van der Waals surface area contributed by atoms with Crippen molar-refractivity contribution in [3.05, 3.63) is 35.9 Å². The van der Waals surface area contributed by atoms with E-state index in [1.54, 1.807) is 0 Å². The molecule has 4 heteroatoms. The molecule has 21 heavy (non-hydrogen) atoms. The summed E-state index contributed by atoms with van der Waals surface area (Å²) in [5.41, 5.74) is 0.323. The summed E-state index contributed by atoms with van der Waals surface area (Å²) in [6, 6.07) is 9.66. The summed E-state index contributed by atoms with van der Waals surface area (Å²) in [6.07, 6.45) is 1.40. The van der Waals surface area contributed by atoms with Gasteiger partial charge in [0.2, 0.25) is 0 Å². The van der Waals surface area contributed by atoms with Crippen LogP contribution in [0.4, 0.5) is 0 Å². The minimum Gasteiger partial charge on any atom is -0.468 e. The lowest BCUT2D eigenvalue weighted by Crippen LogP contribution is -2.42. The van der Waals surface area contributed by atoms with E-state index in [1.807, 2.05) is 44.2 Å². The molecular formula is C17H25NO3. The molecule has 3 atom stereocenters. The molecule has 116 valence electrons. The number of carbonyl (C=O) groups excluding carboxylic acids is 1. The minimum absolute atomic E-state index is 0.0846. The van der Waals surface area contributed by atoms with Gasteiger partial charge in [-0.3, -0.25) is 9.69 Å². The summed E-state index contributed by atoms with van der Waals surface area (Å²) < 4.78 is 4.98. The number of methoxy groups -OCH3 is 1. The monoisotopic (exact) mass is 291 g/mol. The van der Waals surface area contributed by atoms with E-state index in [4.69, 9.17) is 4.74 Å². The molecule has 0 bridgehead atoms. The molecule has 1 N–H and O–H groups in total. The van der Waals surface area contributed by atoms with Crippen molar-refractivity contribution in [2.24, 2.45) is 5.92 Å². The Morgan fingerprint density at radius 1 is 1.38 bits per heavy atom. The molecule has 4 nitrogen and oxygen atoms in total. The first-order chi connectivity index (χ1) is 10.1. The first-order valence-electron chi connectivity index (χ1n) is 7.64. The van der Waals surface area contributed by atoms with Crippen LogP contribution in [-0.2, 0) is 16.1 Å². The van der Waals surface area contributed by atoms with Crippen LogP contribution in [0.25, 0.3) is 0 Å². The standard InChI is InChI=1S/C17H25NO3/c1-4-14-15(16(19)21-3)18(12-17(14,20)5-2)11-13-9-7-6-8-10-13/h6-10,14-15,20H,4-5,11-12H2,1-3H3/t14?,15-,17-/m1/s1. The Hall–Kier alpha value is -1.39. The van der Waals surface area contributed by atoms with Gasteiger partial charge in [0.15, 0.2) is 0 Å². The van der Waals surface area contributed by atoms with Crippen LogP contribution in [0, 0.1) is 5.92 Å². The third-order valence-electron chi connectivity index (χ3n) is 4.66. The maximum absolute atomic E-state index is 12.2. The SMILES string of the molecule is CCC1[C@H](C(=O)OC)N(Cc2ccccc2)C[C@]1(O)CC. The molecule has 0 radical (unpaired) electrons. The van der Waals surface area contributed by atoms with Crippen molar-refractivity contribution in [1.29, 1.82) is 0 Å². The summed E-state index contributed by atoms with van der Waals surface area (Å²) in [7, 11) is 1.42. The third kappa shape index (κ3) is 3.11. The largest absolute Gasteiger partial charge is 0.468 e. The van der Waals surface area contributed by atoms with Crippen LogP contribution in [0.2, 0.25) is 0 Å². The van der Waals surface area contributed by atoms with Crippen molar-refractivity contribution in [3.8, 4) is 0 Å². The first-order valence-corrected chi connectivity index (χ1v) is 7.64. The highest BCUT2D eigenvalue weighted by Gasteiger charge is 2.52. The van der Waals surface area contributed by atoms with E-state index >= 15 is 0 Å². The lowest BCUT2D eigenvalue weighted by molar-refractivity contribution is -0.148. The molecule has 1 fully saturated rings. The highest BCUT2D eigenvalue weighted by Crippen LogP contribution is 2.39. The van der Waals surface area contributed by atoms with Gasteiger partial charge in [-0.1, -0.05) is 44.2 Å². The molecular weight excluding hydrogens is 266 g/mol. The number of ether oxygens (including phenoxy) is 1. The molecule has 1 aliphatic rings. The van der Waals surface area contributed by atoms with Crippen molar-refractivity contribution in [2.75, 3.05) is 13.7 Å². The number of benzene rings is 1. The lowest BCUT2D eigenvalue weighted by Gasteiger charge is -2.28. The zero-order chi connectivity index (χ0) is 15.5. The number of hydrogen-bond acceptors (Lipinski definition) is 4. The second-order valence-electron chi connectivity index (χ2n) is 5.83. The number of likely N-dealkylation sites (tertiary alicyclic amines) is 1. The fourth-order valence-electron chi connectivity index (χ4n) is 3.50. The summed E-state index contributed by atoms with van der Waals surface area (Å²) >= 11 is 0. The number of β-amino-alcohol motifs (C(OH)–C–C–N with tert-alkyl or cyclic N) is 1. The topological polar surface area (TPSA) is 49.8 Å². The molecule has 1 aliphatic heterocycles. The summed E-state index contributed by atoms with van der Waals surface area (Å²) in [5.74, 6) is -0.333. The zero-order valence-electron chi connectivity index (χ0n) is 13.1. The molecule has 1 aromatic carbocycles. The summed E-state index contributed by atoms with van der Waals surface area (Å²) in [5, 5.41) is 10.9. The van der Waals surface area contributed by atoms with Gasteiger partial charge in [0.05, 0.1) is 12.7 Å². The van der Waals surface area contributed by atoms with E-state index in [0.29, 0.717) is 19.5 Å². The molecule has 0 aliphatic carbocycles. The molecule has 1 heterocycles. The minimum atomic E-state index is -0.817. The van der Waals surface area contributed by atoms with E-state index < -0.39 is 5.60 Å². The number of carbonyl (C=O) groups is 1. The molecule has 0 amide bonds. The van der Waals surface area contributed by atoms with Gasteiger partial charge in [0, 0.05) is 19.0 Å². The summed E-state index contributed by atoms with van der Waals surface area (Å²) in [6.45, 7) is 5.16. The van der Waals surface area contributed by atoms with Gasteiger partial charge in [-0.2, -0.15) is 0 Å². The van der Waals surface area contributed by atoms with Crippen molar-refractivity contribution < 1.29 is 14.6 Å². The van der Waals surface area contributed by atoms with Gasteiger partial charge in [-0.15, -0.1) is 0 Å². The van der Waals surface area contributed by atoms with Gasteiger partial charge in [0.1, 0.15) is 6.04 Å². The van der Waals surface area contributed by atoms with Crippen LogP contribution in [0.1, 0.15) is 32.3 Å². The number of hydrogen-bond donors (Lipinski definition) is 1. The fourth-order valence-corrected chi connectivity index (χ4v) is 3.50. The molecule has 1 saturated heterocycles. The zero-order valence-corrected chi connectivity index (χ0v) is 13.1. The Morgan fingerprint density at radius 2 is 2.05 bits per heavy atom. The van der Waals surface area contributed by atoms with Crippen molar-refractivity contribution in [1.82, 2.24) is 4.90 Å².